The third-order valence-electron chi connectivity index (χ3n) is 11.9. The average molecular weight is 870 g/mol. The molecule has 4 aromatic carbocycles. The number of carbonyl (C=O) groups is 3. The summed E-state index contributed by atoms with van der Waals surface area (Å²) in [6.45, 7) is 6.29. The van der Waals surface area contributed by atoms with E-state index in [0.29, 0.717) is 21.4 Å². The largest absolute Gasteiger partial charge is 0.398 e. The molecule has 4 bridgehead atoms. The Morgan fingerprint density at radius 1 is 0.639 bits per heavy atom. The first-order valence-electron chi connectivity index (χ1n) is 20.9. The number of nitrogens with zero attached hydrogens (tertiary/aromatic N) is 4. The van der Waals surface area contributed by atoms with Gasteiger partial charge in [-0.3, -0.25) is 24.2 Å². The van der Waals surface area contributed by atoms with Crippen molar-refractivity contribution in [3.05, 3.63) is 141 Å². The van der Waals surface area contributed by atoms with Crippen molar-refractivity contribution in [1.29, 1.82) is 0 Å². The number of fused-ring (bicyclic) bond motifs is 4. The summed E-state index contributed by atoms with van der Waals surface area (Å²) in [6.07, 6.45) is 13.0. The number of nitrogens with two attached hydrogens (primary N) is 1. The molecule has 4 aromatic rings. The van der Waals surface area contributed by atoms with Crippen molar-refractivity contribution < 1.29 is 23.2 Å². The van der Waals surface area contributed by atoms with E-state index in [1.807, 2.05) is 40.1 Å². The fourth-order valence-electron chi connectivity index (χ4n) is 9.23. The van der Waals surface area contributed by atoms with Gasteiger partial charge in [-0.1, -0.05) is 59.6 Å². The zero-order valence-corrected chi connectivity index (χ0v) is 35.8. The second-order valence-electron chi connectivity index (χ2n) is 16.5. The predicted octanol–water partition coefficient (Wildman–Crippen LogP) is 9.06. The Morgan fingerprint density at radius 3 is 1.48 bits per heavy atom. The van der Waals surface area contributed by atoms with E-state index in [1.54, 1.807) is 54.6 Å². The molecule has 0 radical (unpaired) electrons. The minimum Gasteiger partial charge on any atom is -0.398 e. The molecule has 8 rings (SSSR count). The van der Waals surface area contributed by atoms with Crippen LogP contribution in [0, 0.1) is 11.6 Å². The van der Waals surface area contributed by atoms with Crippen LogP contribution in [-0.4, -0.2) is 87.7 Å². The number of rotatable bonds is 9. The number of hydrogen-bond acceptors (Lipinski definition) is 6. The maximum Gasteiger partial charge on any atom is 0.247 e. The zero-order valence-electron chi connectivity index (χ0n) is 34.3. The van der Waals surface area contributed by atoms with Gasteiger partial charge in [0.15, 0.2) is 0 Å². The maximum absolute atomic E-state index is 13.2. The van der Waals surface area contributed by atoms with Crippen LogP contribution in [0.3, 0.4) is 0 Å². The summed E-state index contributed by atoms with van der Waals surface area (Å²) in [4.78, 5) is 46.4. The van der Waals surface area contributed by atoms with E-state index in [1.165, 1.54) is 31.2 Å². The summed E-state index contributed by atoms with van der Waals surface area (Å²) in [7, 11) is 0. The topological polar surface area (TPSA) is 102 Å². The van der Waals surface area contributed by atoms with Crippen molar-refractivity contribution in [2.24, 2.45) is 0 Å². The third kappa shape index (κ3) is 11.7. The summed E-state index contributed by atoms with van der Waals surface area (Å²) < 4.78 is 26.4. The van der Waals surface area contributed by atoms with E-state index in [4.69, 9.17) is 28.9 Å². The van der Waals surface area contributed by atoms with E-state index in [9.17, 15) is 23.2 Å². The number of nitrogens with one attached hydrogen (secondary N) is 1. The van der Waals surface area contributed by atoms with Crippen molar-refractivity contribution in [1.82, 2.24) is 19.6 Å². The van der Waals surface area contributed by atoms with Gasteiger partial charge in [-0.15, -0.1) is 0 Å². The van der Waals surface area contributed by atoms with Crippen LogP contribution in [0.5, 0.6) is 0 Å². The van der Waals surface area contributed by atoms with Crippen LogP contribution in [0.4, 0.5) is 20.2 Å². The number of amides is 3. The summed E-state index contributed by atoms with van der Waals surface area (Å²) in [6, 6.07) is 24.5. The monoisotopic (exact) mass is 868 g/mol. The molecule has 9 nitrogen and oxygen atoms in total. The van der Waals surface area contributed by atoms with Gasteiger partial charge in [0, 0.05) is 104 Å². The van der Waals surface area contributed by atoms with Gasteiger partial charge in [0.25, 0.3) is 0 Å². The first-order valence-corrected chi connectivity index (χ1v) is 21.7. The molecule has 0 saturated carbocycles. The number of carbonyl (C=O) groups excluding carboxylic acids is 3. The van der Waals surface area contributed by atoms with Gasteiger partial charge in [-0.25, -0.2) is 8.78 Å². The molecule has 320 valence electrons. The van der Waals surface area contributed by atoms with Crippen LogP contribution in [0.2, 0.25) is 10.0 Å². The van der Waals surface area contributed by atoms with Gasteiger partial charge in [-0.2, -0.15) is 0 Å². The van der Waals surface area contributed by atoms with E-state index in [0.717, 1.165) is 100 Å². The van der Waals surface area contributed by atoms with Crippen LogP contribution < -0.4 is 11.1 Å². The standard InChI is InChI=1S/C25H27ClFN3O2.C23H25ClFN3O/c1-17(31)28-24-13-20(26)9-7-19(24)8-12-25(32)30-22-3-2-4-23(30)16-29(15-22)14-18-5-10-21(27)11-6-18;24-18-8-6-17(22(26)12-18)7-11-23(29)28-20-2-1-3-21(28)15-27(14-20)13-16-4-9-19(25)10-5-16/h5-13,22-23H,2-4,14-16H2,1H3,(H,28,31);4-12,20-21H,1-3,13-15,26H2/b12-8+;11-7+. The minimum absolute atomic E-state index is 0.00939. The Hall–Kier alpha value is -5.07. The molecule has 4 aliphatic rings. The Kier molecular flexibility index (Phi) is 14.6. The lowest BCUT2D eigenvalue weighted by atomic mass is 9.90. The number of benzene rings is 4. The van der Waals surface area contributed by atoms with Crippen LogP contribution in [0.15, 0.2) is 97.1 Å². The lowest BCUT2D eigenvalue weighted by Crippen LogP contribution is -2.61. The quantitative estimate of drug-likeness (QED) is 0.129. The highest BCUT2D eigenvalue weighted by Gasteiger charge is 2.40. The van der Waals surface area contributed by atoms with Gasteiger partial charge in [0.05, 0.1) is 0 Å². The number of piperazine rings is 2. The average Bonchev–Trinajstić information content (AvgIpc) is 3.21. The molecule has 61 heavy (non-hydrogen) atoms. The number of hydrogen-bond donors (Lipinski definition) is 2. The van der Waals surface area contributed by atoms with E-state index in [-0.39, 0.29) is 53.5 Å². The summed E-state index contributed by atoms with van der Waals surface area (Å²) in [5.74, 6) is -0.607. The SMILES string of the molecule is CC(=O)Nc1cc(Cl)ccc1/C=C/C(=O)N1C2CCCC1CN(Cc1ccc(F)cc1)C2.Nc1cc(Cl)ccc1/C=C/C(=O)N1C2CCCC1CN(Cc1ccc(F)cc1)C2. The van der Waals surface area contributed by atoms with Gasteiger partial charge in [0.2, 0.25) is 17.7 Å². The Labute approximate surface area is 366 Å². The van der Waals surface area contributed by atoms with Gasteiger partial charge in [0.1, 0.15) is 11.6 Å². The number of piperidine rings is 2. The first kappa shape index (κ1) is 44.0. The summed E-state index contributed by atoms with van der Waals surface area (Å²) in [5, 5.41) is 3.86. The molecule has 0 spiro atoms. The van der Waals surface area contributed by atoms with E-state index < -0.39 is 0 Å². The number of likely N-dealkylation sites (tertiary alicyclic amines) is 2. The van der Waals surface area contributed by atoms with Crippen LogP contribution in [0.25, 0.3) is 12.2 Å². The predicted molar refractivity (Wildman–Crippen MR) is 240 cm³/mol. The van der Waals surface area contributed by atoms with Crippen LogP contribution >= 0.6 is 23.2 Å². The Morgan fingerprint density at radius 2 is 1.05 bits per heavy atom. The van der Waals surface area contributed by atoms with Gasteiger partial charge >= 0.3 is 0 Å². The fraction of sp³-hybridized carbons (Fsp3) is 0.354. The molecule has 0 aromatic heterocycles. The molecule has 13 heteroatoms. The highest BCUT2D eigenvalue weighted by Crippen LogP contribution is 2.32. The third-order valence-corrected chi connectivity index (χ3v) is 12.4. The summed E-state index contributed by atoms with van der Waals surface area (Å²) in [5.41, 5.74) is 10.8. The molecule has 3 N–H and O–H groups in total. The van der Waals surface area contributed by atoms with Crippen molar-refractivity contribution in [2.75, 3.05) is 37.2 Å². The first-order chi connectivity index (χ1) is 29.4. The van der Waals surface area contributed by atoms with Crippen molar-refractivity contribution >= 4 is 64.5 Å². The molecule has 0 aliphatic carbocycles. The number of halogens is 4. The van der Waals surface area contributed by atoms with E-state index >= 15 is 0 Å². The molecule has 4 unspecified atom stereocenters. The molecule has 4 atom stereocenters. The van der Waals surface area contributed by atoms with Crippen LogP contribution in [0.1, 0.15) is 67.7 Å². The lowest BCUT2D eigenvalue weighted by molar-refractivity contribution is -0.138. The van der Waals surface area contributed by atoms with Crippen LogP contribution in [-0.2, 0) is 27.5 Å². The molecular weight excluding hydrogens is 817 g/mol. The molecular formula is C48H52Cl2F2N6O3. The summed E-state index contributed by atoms with van der Waals surface area (Å²) >= 11 is 12.0. The second kappa shape index (κ2) is 20.2. The second-order valence-corrected chi connectivity index (χ2v) is 17.3. The lowest BCUT2D eigenvalue weighted by Gasteiger charge is -2.50. The molecule has 3 amide bonds. The molecule has 4 heterocycles. The van der Waals surface area contributed by atoms with Crippen molar-refractivity contribution in [2.45, 2.75) is 82.7 Å². The fourth-order valence-corrected chi connectivity index (χ4v) is 9.58. The Bertz CT molecular complexity index is 2230. The zero-order chi connectivity index (χ0) is 43.0. The smallest absolute Gasteiger partial charge is 0.247 e. The van der Waals surface area contributed by atoms with Crippen molar-refractivity contribution in [3.8, 4) is 0 Å². The van der Waals surface area contributed by atoms with Gasteiger partial charge < -0.3 is 20.9 Å². The minimum atomic E-state index is -0.227. The molecule has 4 aliphatic heterocycles. The molecule has 4 saturated heterocycles. The maximum atomic E-state index is 13.2. The highest BCUT2D eigenvalue weighted by molar-refractivity contribution is 6.31. The van der Waals surface area contributed by atoms with Gasteiger partial charge in [-0.05, 0) is 121 Å². The highest BCUT2D eigenvalue weighted by atomic mass is 35.5. The molecule has 4 fully saturated rings. The Balaban J connectivity index is 0.000000185. The normalized spacial score (nSPS) is 21.6. The van der Waals surface area contributed by atoms with Crippen molar-refractivity contribution in [3.63, 3.8) is 0 Å². The number of anilines is 2. The number of nitrogen functional groups attached to an aromatic ring is 1. The van der Waals surface area contributed by atoms with E-state index in [2.05, 4.69) is 15.1 Å².